The van der Waals surface area contributed by atoms with E-state index in [1.807, 2.05) is 37.5 Å². The molecule has 1 atom stereocenters. The number of nitrogens with two attached hydrogens (primary N) is 1. The van der Waals surface area contributed by atoms with Gasteiger partial charge in [0.2, 0.25) is 0 Å². The average molecular weight is 374 g/mol. The number of carboxylic acids is 1. The molecule has 142 valence electrons. The molecule has 0 aliphatic heterocycles. The fraction of sp³-hybridized carbons (Fsp3) is 0.318. The third-order valence-corrected chi connectivity index (χ3v) is 5.92. The number of H-pyrrole nitrogens is 1. The minimum Gasteiger partial charge on any atom is -0.478 e. The summed E-state index contributed by atoms with van der Waals surface area (Å²) in [5.41, 5.74) is 14.1. The highest BCUT2D eigenvalue weighted by molar-refractivity contribution is 5.95. The summed E-state index contributed by atoms with van der Waals surface area (Å²) >= 11 is 0. The highest BCUT2D eigenvalue weighted by Gasteiger charge is 2.36. The first-order chi connectivity index (χ1) is 13.5. The molecule has 0 aromatic carbocycles. The number of hydrogen-bond donors (Lipinski definition) is 3. The summed E-state index contributed by atoms with van der Waals surface area (Å²) in [4.78, 5) is 24.4. The number of fused-ring (bicyclic) bond motifs is 3. The Morgan fingerprint density at radius 1 is 1.25 bits per heavy atom. The molecule has 1 fully saturated rings. The first kappa shape index (κ1) is 17.1. The van der Waals surface area contributed by atoms with Gasteiger partial charge >= 0.3 is 5.97 Å². The summed E-state index contributed by atoms with van der Waals surface area (Å²) in [6, 6.07) is 5.76. The number of hydrogen-bond acceptors (Lipinski definition) is 4. The third-order valence-electron chi connectivity index (χ3n) is 5.92. The Hall–Kier alpha value is -2.99. The number of aromatic carboxylic acids is 1. The van der Waals surface area contributed by atoms with Crippen LogP contribution < -0.4 is 5.73 Å². The molecule has 1 unspecified atom stereocenters. The molecule has 0 bridgehead atoms. The minimum atomic E-state index is -0.899. The maximum atomic E-state index is 12.0. The first-order valence-electron chi connectivity index (χ1n) is 9.69. The molecule has 0 spiro atoms. The van der Waals surface area contributed by atoms with E-state index < -0.39 is 5.97 Å². The van der Waals surface area contributed by atoms with Crippen LogP contribution >= 0.6 is 0 Å². The zero-order valence-electron chi connectivity index (χ0n) is 15.7. The Kier molecular flexibility index (Phi) is 3.84. The topological polar surface area (TPSA) is 105 Å². The minimum absolute atomic E-state index is 0.247. The number of pyridine rings is 2. The number of carboxylic acid groups (broad SMARTS) is 1. The maximum absolute atomic E-state index is 12.0. The van der Waals surface area contributed by atoms with Crippen molar-refractivity contribution in [2.45, 2.75) is 38.6 Å². The number of nitrogens with zero attached hydrogens (tertiary/aromatic N) is 2. The molecule has 28 heavy (non-hydrogen) atoms. The van der Waals surface area contributed by atoms with Gasteiger partial charge in [0.1, 0.15) is 0 Å². The molecule has 3 heterocycles. The molecule has 3 aromatic heterocycles. The van der Waals surface area contributed by atoms with Gasteiger partial charge in [-0.2, -0.15) is 0 Å². The molecule has 1 saturated carbocycles. The smallest absolute Gasteiger partial charge is 0.337 e. The molecule has 0 saturated heterocycles. The maximum Gasteiger partial charge on any atom is 0.337 e. The van der Waals surface area contributed by atoms with Crippen LogP contribution in [-0.4, -0.2) is 26.0 Å². The van der Waals surface area contributed by atoms with Crippen molar-refractivity contribution in [3.63, 3.8) is 0 Å². The lowest BCUT2D eigenvalue weighted by Crippen LogP contribution is -2.17. The summed E-state index contributed by atoms with van der Waals surface area (Å²) < 4.78 is 0. The standard InChI is InChI=1S/C22H22N4O2/c1-11-2-3-14(10-24-11)17-8-16-13(9-25-17)6-7-15-18(22(27)28)21(26-20(15)16)19(23)12-4-5-12/h2-3,8-10,12,19,26H,4-7,23H2,1H3,(H,27,28). The lowest BCUT2D eigenvalue weighted by atomic mass is 9.88. The van der Waals surface area contributed by atoms with Gasteiger partial charge in [0.05, 0.1) is 17.0 Å². The van der Waals surface area contributed by atoms with Crippen molar-refractivity contribution in [2.24, 2.45) is 11.7 Å². The van der Waals surface area contributed by atoms with Gasteiger partial charge in [0.15, 0.2) is 0 Å². The van der Waals surface area contributed by atoms with Gasteiger partial charge in [-0.3, -0.25) is 9.97 Å². The monoisotopic (exact) mass is 374 g/mol. The molecular formula is C22H22N4O2. The number of aryl methyl sites for hydroxylation is 2. The van der Waals surface area contributed by atoms with E-state index in [0.29, 0.717) is 23.6 Å². The molecule has 2 aliphatic carbocycles. The second-order valence-electron chi connectivity index (χ2n) is 7.85. The normalized spacial score (nSPS) is 16.4. The Morgan fingerprint density at radius 2 is 2.07 bits per heavy atom. The van der Waals surface area contributed by atoms with E-state index >= 15 is 0 Å². The average Bonchev–Trinajstić information content (AvgIpc) is 3.46. The molecule has 6 nitrogen and oxygen atoms in total. The van der Waals surface area contributed by atoms with Crippen molar-refractivity contribution < 1.29 is 9.90 Å². The zero-order chi connectivity index (χ0) is 19.4. The van der Waals surface area contributed by atoms with E-state index in [4.69, 9.17) is 5.73 Å². The third kappa shape index (κ3) is 2.72. The number of aromatic amines is 1. The molecule has 4 N–H and O–H groups in total. The number of carbonyl (C=O) groups is 1. The quantitative estimate of drug-likeness (QED) is 0.646. The fourth-order valence-corrected chi connectivity index (χ4v) is 4.18. The van der Waals surface area contributed by atoms with E-state index in [2.05, 4.69) is 15.0 Å². The summed E-state index contributed by atoms with van der Waals surface area (Å²) in [6.45, 7) is 1.95. The molecule has 3 aromatic rings. The molecule has 2 aliphatic rings. The number of nitrogens with one attached hydrogen (secondary N) is 1. The van der Waals surface area contributed by atoms with Crippen LogP contribution in [0.1, 0.15) is 51.8 Å². The van der Waals surface area contributed by atoms with Crippen molar-refractivity contribution in [1.82, 2.24) is 15.0 Å². The Labute approximate surface area is 162 Å². The van der Waals surface area contributed by atoms with E-state index in [1.54, 1.807) is 0 Å². The Balaban J connectivity index is 1.65. The highest BCUT2D eigenvalue weighted by atomic mass is 16.4. The predicted octanol–water partition coefficient (Wildman–Crippen LogP) is 3.65. The van der Waals surface area contributed by atoms with Crippen molar-refractivity contribution in [2.75, 3.05) is 0 Å². The van der Waals surface area contributed by atoms with E-state index in [1.165, 1.54) is 0 Å². The summed E-state index contributed by atoms with van der Waals surface area (Å²) in [5.74, 6) is -0.520. The van der Waals surface area contributed by atoms with Gasteiger partial charge in [0, 0.05) is 41.0 Å². The van der Waals surface area contributed by atoms with Crippen LogP contribution in [0.25, 0.3) is 22.5 Å². The van der Waals surface area contributed by atoms with Crippen LogP contribution in [0.5, 0.6) is 0 Å². The zero-order valence-corrected chi connectivity index (χ0v) is 15.7. The second-order valence-corrected chi connectivity index (χ2v) is 7.85. The molecule has 0 radical (unpaired) electrons. The lowest BCUT2D eigenvalue weighted by molar-refractivity contribution is 0.0694. The van der Waals surface area contributed by atoms with Crippen LogP contribution in [0.4, 0.5) is 0 Å². The summed E-state index contributed by atoms with van der Waals surface area (Å²) in [7, 11) is 0. The predicted molar refractivity (Wildman–Crippen MR) is 106 cm³/mol. The van der Waals surface area contributed by atoms with E-state index in [0.717, 1.165) is 58.6 Å². The van der Waals surface area contributed by atoms with Crippen molar-refractivity contribution in [1.29, 1.82) is 0 Å². The summed E-state index contributed by atoms with van der Waals surface area (Å²) in [6.07, 6.45) is 7.31. The fourth-order valence-electron chi connectivity index (χ4n) is 4.18. The van der Waals surface area contributed by atoms with Gasteiger partial charge in [-0.15, -0.1) is 0 Å². The van der Waals surface area contributed by atoms with Gasteiger partial charge in [-0.1, -0.05) is 0 Å². The summed E-state index contributed by atoms with van der Waals surface area (Å²) in [5, 5.41) is 9.87. The SMILES string of the molecule is Cc1ccc(-c2cc3c(cn2)CCc2c-3[nH]c(C(N)C3CC3)c2C(=O)O)cn1. The van der Waals surface area contributed by atoms with Crippen LogP contribution in [-0.2, 0) is 12.8 Å². The van der Waals surface area contributed by atoms with Crippen molar-refractivity contribution in [3.05, 3.63) is 58.7 Å². The van der Waals surface area contributed by atoms with E-state index in [9.17, 15) is 9.90 Å². The van der Waals surface area contributed by atoms with Gasteiger partial charge in [-0.05, 0) is 67.9 Å². The molecule has 6 heteroatoms. The van der Waals surface area contributed by atoms with Crippen LogP contribution in [0.3, 0.4) is 0 Å². The highest BCUT2D eigenvalue weighted by Crippen LogP contribution is 2.44. The first-order valence-corrected chi connectivity index (χ1v) is 9.69. The molecular weight excluding hydrogens is 352 g/mol. The number of rotatable bonds is 4. The van der Waals surface area contributed by atoms with Gasteiger partial charge in [-0.25, -0.2) is 4.79 Å². The van der Waals surface area contributed by atoms with Gasteiger partial charge in [0.25, 0.3) is 0 Å². The van der Waals surface area contributed by atoms with Crippen molar-refractivity contribution >= 4 is 5.97 Å². The van der Waals surface area contributed by atoms with Crippen molar-refractivity contribution in [3.8, 4) is 22.5 Å². The number of aromatic nitrogens is 3. The van der Waals surface area contributed by atoms with Crippen LogP contribution in [0.15, 0.2) is 30.6 Å². The second kappa shape index (κ2) is 6.27. The van der Waals surface area contributed by atoms with Gasteiger partial charge < -0.3 is 15.8 Å². The molecule has 0 amide bonds. The Bertz CT molecular complexity index is 1080. The lowest BCUT2D eigenvalue weighted by Gasteiger charge is -2.17. The largest absolute Gasteiger partial charge is 0.478 e. The van der Waals surface area contributed by atoms with Crippen LogP contribution in [0, 0.1) is 12.8 Å². The Morgan fingerprint density at radius 3 is 2.75 bits per heavy atom. The van der Waals surface area contributed by atoms with Crippen LogP contribution in [0.2, 0.25) is 0 Å². The van der Waals surface area contributed by atoms with E-state index in [-0.39, 0.29) is 6.04 Å². The molecule has 5 rings (SSSR count).